The Hall–Kier alpha value is -0.200. The summed E-state index contributed by atoms with van der Waals surface area (Å²) in [4.78, 5) is 0. The normalized spacial score (nSPS) is 41.1. The molecule has 5 heteroatoms. The van der Waals surface area contributed by atoms with Crippen LogP contribution in [0.25, 0.3) is 0 Å². The molecule has 0 spiro atoms. The highest BCUT2D eigenvalue weighted by Gasteiger charge is 2.37. The van der Waals surface area contributed by atoms with Crippen molar-refractivity contribution in [1.82, 2.24) is 5.32 Å². The molecule has 0 aliphatic carbocycles. The van der Waals surface area contributed by atoms with Gasteiger partial charge >= 0.3 is 0 Å². The number of hydrogen-bond donors (Lipinski definition) is 4. The lowest BCUT2D eigenvalue weighted by molar-refractivity contribution is -0.196. The quantitative estimate of drug-likeness (QED) is 0.423. The lowest BCUT2D eigenvalue weighted by Gasteiger charge is -2.36. The average Bonchev–Trinajstić information content (AvgIpc) is 2.06. The van der Waals surface area contributed by atoms with Gasteiger partial charge in [0.15, 0.2) is 0 Å². The monoisotopic (exact) mass is 191 g/mol. The van der Waals surface area contributed by atoms with Gasteiger partial charge in [0.25, 0.3) is 0 Å². The Morgan fingerprint density at radius 3 is 2.38 bits per heavy atom. The van der Waals surface area contributed by atoms with Gasteiger partial charge in [0.1, 0.15) is 24.5 Å². The fourth-order valence-corrected chi connectivity index (χ4v) is 1.28. The van der Waals surface area contributed by atoms with E-state index in [1.807, 2.05) is 13.8 Å². The smallest absolute Gasteiger partial charge is 0.137 e. The molecule has 0 saturated carbocycles. The van der Waals surface area contributed by atoms with Crippen molar-refractivity contribution in [2.75, 3.05) is 6.61 Å². The minimum Gasteiger partial charge on any atom is -0.388 e. The lowest BCUT2D eigenvalue weighted by Crippen LogP contribution is -2.59. The van der Waals surface area contributed by atoms with Crippen molar-refractivity contribution in [3.63, 3.8) is 0 Å². The second-order valence-corrected chi connectivity index (χ2v) is 3.62. The van der Waals surface area contributed by atoms with E-state index in [0.717, 1.165) is 0 Å². The molecule has 1 rings (SSSR count). The maximum Gasteiger partial charge on any atom is 0.137 e. The van der Waals surface area contributed by atoms with Crippen molar-refractivity contribution < 1.29 is 20.1 Å². The van der Waals surface area contributed by atoms with Crippen molar-refractivity contribution in [2.24, 2.45) is 0 Å². The van der Waals surface area contributed by atoms with Crippen LogP contribution >= 0.6 is 0 Å². The summed E-state index contributed by atoms with van der Waals surface area (Å²) in [6, 6.07) is 0.155. The minimum atomic E-state index is -1.13. The number of nitrogens with one attached hydrogen (secondary N) is 1. The number of rotatable bonds is 2. The predicted molar refractivity (Wildman–Crippen MR) is 46.0 cm³/mol. The summed E-state index contributed by atoms with van der Waals surface area (Å²) >= 11 is 0. The zero-order valence-electron chi connectivity index (χ0n) is 7.84. The van der Waals surface area contributed by atoms with Gasteiger partial charge in [-0.25, -0.2) is 0 Å². The van der Waals surface area contributed by atoms with Crippen LogP contribution < -0.4 is 5.32 Å². The molecule has 4 N–H and O–H groups in total. The Balaban J connectivity index is 2.48. The van der Waals surface area contributed by atoms with Crippen LogP contribution in [0.2, 0.25) is 0 Å². The SMILES string of the molecule is CC(C)N[C@H]1OC[C@H](O)C(O)C1O. The first-order chi connectivity index (χ1) is 6.02. The summed E-state index contributed by atoms with van der Waals surface area (Å²) in [5, 5.41) is 30.8. The van der Waals surface area contributed by atoms with Crippen LogP contribution in [0.1, 0.15) is 13.8 Å². The van der Waals surface area contributed by atoms with E-state index in [2.05, 4.69) is 5.32 Å². The van der Waals surface area contributed by atoms with Crippen molar-refractivity contribution in [2.45, 2.75) is 44.4 Å². The standard InChI is InChI=1S/C8H17NO4/c1-4(2)9-8-7(12)6(11)5(10)3-13-8/h4-12H,3H2,1-2H3/t5-,6?,7?,8-/m0/s1. The molecule has 0 aromatic carbocycles. The van der Waals surface area contributed by atoms with Gasteiger partial charge in [0, 0.05) is 6.04 Å². The molecule has 13 heavy (non-hydrogen) atoms. The Labute approximate surface area is 77.3 Å². The number of aliphatic hydroxyl groups is 3. The van der Waals surface area contributed by atoms with Crippen LogP contribution in [-0.2, 0) is 4.74 Å². The van der Waals surface area contributed by atoms with E-state index >= 15 is 0 Å². The fraction of sp³-hybridized carbons (Fsp3) is 1.00. The molecule has 5 nitrogen and oxygen atoms in total. The Morgan fingerprint density at radius 1 is 1.23 bits per heavy atom. The number of ether oxygens (including phenoxy) is 1. The molecule has 1 aliphatic rings. The van der Waals surface area contributed by atoms with Gasteiger partial charge in [0.05, 0.1) is 6.61 Å². The van der Waals surface area contributed by atoms with Crippen LogP contribution in [0.15, 0.2) is 0 Å². The maximum atomic E-state index is 9.46. The van der Waals surface area contributed by atoms with Crippen LogP contribution in [0, 0.1) is 0 Å². The van der Waals surface area contributed by atoms with Gasteiger partial charge < -0.3 is 20.1 Å². The van der Waals surface area contributed by atoms with Crippen molar-refractivity contribution >= 4 is 0 Å². The minimum absolute atomic E-state index is 0.0443. The van der Waals surface area contributed by atoms with Crippen LogP contribution in [0.4, 0.5) is 0 Å². The largest absolute Gasteiger partial charge is 0.388 e. The van der Waals surface area contributed by atoms with Gasteiger partial charge in [-0.05, 0) is 13.8 Å². The van der Waals surface area contributed by atoms with E-state index in [-0.39, 0.29) is 12.6 Å². The summed E-state index contributed by atoms with van der Waals surface area (Å²) in [6.45, 7) is 3.86. The molecule has 0 amide bonds. The van der Waals surface area contributed by atoms with E-state index in [4.69, 9.17) is 9.84 Å². The highest BCUT2D eigenvalue weighted by molar-refractivity contribution is 4.85. The van der Waals surface area contributed by atoms with E-state index in [0.29, 0.717) is 0 Å². The van der Waals surface area contributed by atoms with Crippen molar-refractivity contribution in [1.29, 1.82) is 0 Å². The van der Waals surface area contributed by atoms with Gasteiger partial charge in [-0.3, -0.25) is 5.32 Å². The number of aliphatic hydroxyl groups excluding tert-OH is 3. The predicted octanol–water partition coefficient (Wildman–Crippen LogP) is -1.58. The molecule has 0 aromatic rings. The van der Waals surface area contributed by atoms with E-state index < -0.39 is 24.5 Å². The van der Waals surface area contributed by atoms with Gasteiger partial charge in [-0.1, -0.05) is 0 Å². The highest BCUT2D eigenvalue weighted by Crippen LogP contribution is 2.13. The molecule has 0 radical (unpaired) electrons. The second-order valence-electron chi connectivity index (χ2n) is 3.62. The van der Waals surface area contributed by atoms with Gasteiger partial charge in [0.2, 0.25) is 0 Å². The summed E-state index contributed by atoms with van der Waals surface area (Å²) in [7, 11) is 0. The summed E-state index contributed by atoms with van der Waals surface area (Å²) in [5.41, 5.74) is 0. The first-order valence-electron chi connectivity index (χ1n) is 4.44. The third-order valence-corrected chi connectivity index (χ3v) is 2.00. The average molecular weight is 191 g/mol. The molecule has 1 aliphatic heterocycles. The Morgan fingerprint density at radius 2 is 1.85 bits per heavy atom. The molecule has 78 valence electrons. The molecule has 4 atom stereocenters. The van der Waals surface area contributed by atoms with Gasteiger partial charge in [-0.15, -0.1) is 0 Å². The molecular formula is C8H17NO4. The van der Waals surface area contributed by atoms with Gasteiger partial charge in [-0.2, -0.15) is 0 Å². The molecule has 0 aromatic heterocycles. The van der Waals surface area contributed by atoms with E-state index in [1.165, 1.54) is 0 Å². The molecular weight excluding hydrogens is 174 g/mol. The molecule has 1 heterocycles. The molecule has 1 saturated heterocycles. The third kappa shape index (κ3) is 2.62. The van der Waals surface area contributed by atoms with Crippen molar-refractivity contribution in [3.8, 4) is 0 Å². The first kappa shape index (κ1) is 10.9. The molecule has 1 fully saturated rings. The molecule has 0 bridgehead atoms. The third-order valence-electron chi connectivity index (χ3n) is 2.00. The maximum absolute atomic E-state index is 9.46. The number of hydrogen-bond acceptors (Lipinski definition) is 5. The highest BCUT2D eigenvalue weighted by atomic mass is 16.5. The van der Waals surface area contributed by atoms with Crippen LogP contribution in [-0.4, -0.2) is 52.5 Å². The zero-order valence-corrected chi connectivity index (χ0v) is 7.84. The van der Waals surface area contributed by atoms with Crippen molar-refractivity contribution in [3.05, 3.63) is 0 Å². The van der Waals surface area contributed by atoms with E-state index in [9.17, 15) is 10.2 Å². The zero-order chi connectivity index (χ0) is 10.0. The summed E-state index contributed by atoms with van der Waals surface area (Å²) < 4.78 is 5.11. The summed E-state index contributed by atoms with van der Waals surface area (Å²) in [6.07, 6.45) is -3.81. The lowest BCUT2D eigenvalue weighted by atomic mass is 10.0. The topological polar surface area (TPSA) is 82.0 Å². The van der Waals surface area contributed by atoms with Crippen LogP contribution in [0.3, 0.4) is 0 Å². The molecule has 2 unspecified atom stereocenters. The fourth-order valence-electron chi connectivity index (χ4n) is 1.28. The Kier molecular flexibility index (Phi) is 3.63. The Bertz CT molecular complexity index is 164. The van der Waals surface area contributed by atoms with E-state index in [1.54, 1.807) is 0 Å². The second kappa shape index (κ2) is 4.34. The first-order valence-corrected chi connectivity index (χ1v) is 4.44. The summed E-state index contributed by atoms with van der Waals surface area (Å²) in [5.74, 6) is 0. The van der Waals surface area contributed by atoms with Crippen LogP contribution in [0.5, 0.6) is 0 Å².